The summed E-state index contributed by atoms with van der Waals surface area (Å²) in [6.07, 6.45) is 3.27. The number of rotatable bonds is 9. The molecule has 0 atom stereocenters. The van der Waals surface area contributed by atoms with Gasteiger partial charge in [-0.2, -0.15) is 0 Å². The van der Waals surface area contributed by atoms with Crippen LogP contribution in [0.3, 0.4) is 0 Å². The molecule has 0 spiro atoms. The van der Waals surface area contributed by atoms with E-state index in [-0.39, 0.29) is 0 Å². The van der Waals surface area contributed by atoms with Gasteiger partial charge in [-0.15, -0.1) is 0 Å². The minimum Gasteiger partial charge on any atom is -0.454 e. The van der Waals surface area contributed by atoms with E-state index < -0.39 is 0 Å². The number of ether oxygens (including phenoxy) is 3. The van der Waals surface area contributed by atoms with Crippen molar-refractivity contribution >= 4 is 5.96 Å². The molecular formula is C17H27N3O3. The molecule has 2 rings (SSSR count). The smallest absolute Gasteiger partial charge is 0.231 e. The highest BCUT2D eigenvalue weighted by atomic mass is 16.7. The minimum absolute atomic E-state index is 0.301. The van der Waals surface area contributed by atoms with Gasteiger partial charge in [0.1, 0.15) is 0 Å². The molecule has 1 aliphatic rings. The monoisotopic (exact) mass is 321 g/mol. The minimum atomic E-state index is 0.301. The molecule has 0 saturated heterocycles. The van der Waals surface area contributed by atoms with E-state index in [9.17, 15) is 0 Å². The molecule has 0 unspecified atom stereocenters. The Morgan fingerprint density at radius 3 is 2.83 bits per heavy atom. The van der Waals surface area contributed by atoms with Gasteiger partial charge in [-0.1, -0.05) is 19.4 Å². The zero-order valence-electron chi connectivity index (χ0n) is 14.1. The highest BCUT2D eigenvalue weighted by molar-refractivity contribution is 5.79. The van der Waals surface area contributed by atoms with Crippen molar-refractivity contribution in [2.24, 2.45) is 4.99 Å². The number of hydrogen-bond donors (Lipinski definition) is 2. The van der Waals surface area contributed by atoms with Crippen LogP contribution in [0, 0.1) is 0 Å². The molecule has 1 aliphatic heterocycles. The van der Waals surface area contributed by atoms with Crippen LogP contribution < -0.4 is 20.1 Å². The lowest BCUT2D eigenvalue weighted by atomic mass is 10.2. The second-order valence-corrected chi connectivity index (χ2v) is 5.36. The predicted molar refractivity (Wildman–Crippen MR) is 91.1 cm³/mol. The van der Waals surface area contributed by atoms with Crippen LogP contribution in [0.5, 0.6) is 11.5 Å². The Morgan fingerprint density at radius 1 is 1.17 bits per heavy atom. The molecule has 1 heterocycles. The summed E-state index contributed by atoms with van der Waals surface area (Å²) in [4.78, 5) is 4.22. The van der Waals surface area contributed by atoms with Crippen LogP contribution >= 0.6 is 0 Å². The number of guanidine groups is 1. The Bertz CT molecular complexity index is 506. The molecule has 6 nitrogen and oxygen atoms in total. The maximum atomic E-state index is 5.54. The van der Waals surface area contributed by atoms with Gasteiger partial charge in [0.2, 0.25) is 6.79 Å². The number of unbranched alkanes of at least 4 members (excludes halogenated alkanes) is 1. The molecule has 128 valence electrons. The van der Waals surface area contributed by atoms with Crippen molar-refractivity contribution in [1.29, 1.82) is 0 Å². The SMILES string of the molecule is CCCCOCCCNC(=NC)NCc1ccc2c(c1)OCO2. The third kappa shape index (κ3) is 5.98. The lowest BCUT2D eigenvalue weighted by molar-refractivity contribution is 0.129. The Morgan fingerprint density at radius 2 is 2.00 bits per heavy atom. The van der Waals surface area contributed by atoms with Gasteiger partial charge >= 0.3 is 0 Å². The zero-order chi connectivity index (χ0) is 16.3. The summed E-state index contributed by atoms with van der Waals surface area (Å²) in [6, 6.07) is 5.95. The summed E-state index contributed by atoms with van der Waals surface area (Å²) in [7, 11) is 1.77. The fourth-order valence-electron chi connectivity index (χ4n) is 2.19. The Labute approximate surface area is 138 Å². The lowest BCUT2D eigenvalue weighted by Gasteiger charge is -2.12. The summed E-state index contributed by atoms with van der Waals surface area (Å²) in [6.45, 7) is 5.63. The van der Waals surface area contributed by atoms with Gasteiger partial charge in [-0.05, 0) is 30.5 Å². The average Bonchev–Trinajstić information content (AvgIpc) is 3.04. The van der Waals surface area contributed by atoms with Gasteiger partial charge < -0.3 is 24.8 Å². The summed E-state index contributed by atoms with van der Waals surface area (Å²) >= 11 is 0. The molecule has 0 radical (unpaired) electrons. The molecule has 0 saturated carbocycles. The normalized spacial score (nSPS) is 13.2. The van der Waals surface area contributed by atoms with E-state index in [1.165, 1.54) is 6.42 Å². The van der Waals surface area contributed by atoms with Crippen molar-refractivity contribution in [1.82, 2.24) is 10.6 Å². The Hall–Kier alpha value is -1.95. The molecular weight excluding hydrogens is 294 g/mol. The molecule has 0 fully saturated rings. The van der Waals surface area contributed by atoms with Crippen molar-refractivity contribution in [3.05, 3.63) is 23.8 Å². The lowest BCUT2D eigenvalue weighted by Crippen LogP contribution is -2.37. The molecule has 23 heavy (non-hydrogen) atoms. The van der Waals surface area contributed by atoms with E-state index in [1.54, 1.807) is 7.05 Å². The van der Waals surface area contributed by atoms with Gasteiger partial charge in [0.05, 0.1) is 0 Å². The zero-order valence-corrected chi connectivity index (χ0v) is 14.1. The predicted octanol–water partition coefficient (Wildman–Crippen LogP) is 2.29. The second-order valence-electron chi connectivity index (χ2n) is 5.36. The van der Waals surface area contributed by atoms with Crippen LogP contribution in [0.1, 0.15) is 31.7 Å². The first-order chi connectivity index (χ1) is 11.3. The van der Waals surface area contributed by atoms with Crippen LogP contribution in [-0.4, -0.2) is 39.6 Å². The van der Waals surface area contributed by atoms with Crippen molar-refractivity contribution < 1.29 is 14.2 Å². The topological polar surface area (TPSA) is 64.1 Å². The second kappa shape index (κ2) is 9.94. The van der Waals surface area contributed by atoms with Gasteiger partial charge in [-0.25, -0.2) is 0 Å². The van der Waals surface area contributed by atoms with Gasteiger partial charge in [0, 0.05) is 33.4 Å². The number of nitrogens with one attached hydrogen (secondary N) is 2. The van der Waals surface area contributed by atoms with Crippen molar-refractivity contribution in [3.8, 4) is 11.5 Å². The summed E-state index contributed by atoms with van der Waals surface area (Å²) < 4.78 is 16.2. The van der Waals surface area contributed by atoms with Crippen LogP contribution in [-0.2, 0) is 11.3 Å². The number of hydrogen-bond acceptors (Lipinski definition) is 4. The Kier molecular flexibility index (Phi) is 7.52. The van der Waals surface area contributed by atoms with Gasteiger partial charge in [0.15, 0.2) is 17.5 Å². The summed E-state index contributed by atoms with van der Waals surface area (Å²) in [5, 5.41) is 6.58. The average molecular weight is 321 g/mol. The standard InChI is InChI=1S/C17H27N3O3/c1-3-4-9-21-10-5-8-19-17(18-2)20-12-14-6-7-15-16(11-14)23-13-22-15/h6-7,11H,3-5,8-10,12-13H2,1-2H3,(H2,18,19,20). The largest absolute Gasteiger partial charge is 0.454 e. The van der Waals surface area contributed by atoms with E-state index in [0.29, 0.717) is 13.3 Å². The quantitative estimate of drug-likeness (QED) is 0.415. The van der Waals surface area contributed by atoms with Gasteiger partial charge in [-0.3, -0.25) is 4.99 Å². The molecule has 0 bridgehead atoms. The van der Waals surface area contributed by atoms with Crippen LogP contribution in [0.2, 0.25) is 0 Å². The van der Waals surface area contributed by atoms with E-state index in [4.69, 9.17) is 14.2 Å². The fourth-order valence-corrected chi connectivity index (χ4v) is 2.19. The highest BCUT2D eigenvalue weighted by Crippen LogP contribution is 2.32. The number of fused-ring (bicyclic) bond motifs is 1. The highest BCUT2D eigenvalue weighted by Gasteiger charge is 2.13. The van der Waals surface area contributed by atoms with E-state index >= 15 is 0 Å². The molecule has 0 aromatic heterocycles. The molecule has 6 heteroatoms. The van der Waals surface area contributed by atoms with Crippen molar-refractivity contribution in [2.45, 2.75) is 32.7 Å². The molecule has 0 amide bonds. The molecule has 1 aromatic rings. The number of benzene rings is 1. The first kappa shape index (κ1) is 17.4. The molecule has 2 N–H and O–H groups in total. The van der Waals surface area contributed by atoms with Crippen LogP contribution in [0.15, 0.2) is 23.2 Å². The van der Waals surface area contributed by atoms with Crippen LogP contribution in [0.25, 0.3) is 0 Å². The first-order valence-electron chi connectivity index (χ1n) is 8.24. The van der Waals surface area contributed by atoms with Crippen LogP contribution in [0.4, 0.5) is 0 Å². The summed E-state index contributed by atoms with van der Waals surface area (Å²) in [5.41, 5.74) is 1.13. The number of aliphatic imine (C=N–C) groups is 1. The maximum absolute atomic E-state index is 5.54. The fraction of sp³-hybridized carbons (Fsp3) is 0.588. The maximum Gasteiger partial charge on any atom is 0.231 e. The molecule has 1 aromatic carbocycles. The third-order valence-corrected chi connectivity index (χ3v) is 3.52. The Balaban J connectivity index is 1.63. The van der Waals surface area contributed by atoms with Crippen molar-refractivity contribution in [2.75, 3.05) is 33.6 Å². The molecule has 0 aliphatic carbocycles. The number of nitrogens with zero attached hydrogens (tertiary/aromatic N) is 1. The first-order valence-corrected chi connectivity index (χ1v) is 8.24. The van der Waals surface area contributed by atoms with Gasteiger partial charge in [0.25, 0.3) is 0 Å². The van der Waals surface area contributed by atoms with E-state index in [2.05, 4.69) is 22.5 Å². The van der Waals surface area contributed by atoms with Crippen molar-refractivity contribution in [3.63, 3.8) is 0 Å². The van der Waals surface area contributed by atoms with E-state index in [0.717, 1.165) is 55.6 Å². The summed E-state index contributed by atoms with van der Waals surface area (Å²) in [5.74, 6) is 2.40. The third-order valence-electron chi connectivity index (χ3n) is 3.52. The van der Waals surface area contributed by atoms with E-state index in [1.807, 2.05) is 18.2 Å².